The number of aromatic nitrogens is 4. The van der Waals surface area contributed by atoms with Gasteiger partial charge in [0.15, 0.2) is 5.82 Å². The van der Waals surface area contributed by atoms with Gasteiger partial charge in [0, 0.05) is 38.6 Å². The van der Waals surface area contributed by atoms with Gasteiger partial charge in [-0.3, -0.25) is 14.2 Å². The van der Waals surface area contributed by atoms with E-state index in [1.165, 1.54) is 21.4 Å². The Morgan fingerprint density at radius 2 is 2.06 bits per heavy atom. The van der Waals surface area contributed by atoms with Gasteiger partial charge in [0.25, 0.3) is 0 Å². The number of halogens is 2. The summed E-state index contributed by atoms with van der Waals surface area (Å²) in [5.41, 5.74) is 0.920. The first-order valence-corrected chi connectivity index (χ1v) is 12.2. The zero-order chi connectivity index (χ0) is 22.9. The molecule has 1 aromatic carbocycles. The Kier molecular flexibility index (Phi) is 6.57. The van der Waals surface area contributed by atoms with Gasteiger partial charge in [-0.2, -0.15) is 14.5 Å². The number of nitrogens with one attached hydrogen (secondary N) is 1. The third-order valence-corrected chi connectivity index (χ3v) is 7.85. The molecule has 1 aliphatic heterocycles. The number of aryl methyl sites for hydroxylation is 1. The lowest BCUT2D eigenvalue weighted by molar-refractivity contribution is -0.120. The number of carbonyl (C=O) groups is 1. The van der Waals surface area contributed by atoms with E-state index in [9.17, 15) is 13.2 Å². The van der Waals surface area contributed by atoms with Gasteiger partial charge in [-0.1, -0.05) is 29.3 Å². The lowest BCUT2D eigenvalue weighted by Gasteiger charge is -2.30. The molecule has 3 aromatic rings. The second kappa shape index (κ2) is 9.22. The van der Waals surface area contributed by atoms with Crippen molar-refractivity contribution in [2.75, 3.05) is 18.4 Å². The predicted octanol–water partition coefficient (Wildman–Crippen LogP) is 3.01. The van der Waals surface area contributed by atoms with E-state index in [1.807, 2.05) is 6.07 Å². The van der Waals surface area contributed by atoms with Gasteiger partial charge >= 0.3 is 0 Å². The SMILES string of the molecule is Cn1cc(S(=O)(=O)N2CCCC(C(=O)Nc3ccn(Cc4ccc(Cl)c(Cl)c4)n3)C2)cn1. The number of anilines is 1. The summed E-state index contributed by atoms with van der Waals surface area (Å²) < 4.78 is 30.2. The minimum Gasteiger partial charge on any atom is -0.309 e. The summed E-state index contributed by atoms with van der Waals surface area (Å²) in [4.78, 5) is 12.9. The maximum atomic E-state index is 12.9. The van der Waals surface area contributed by atoms with Crippen molar-refractivity contribution in [1.82, 2.24) is 23.9 Å². The molecule has 0 saturated carbocycles. The van der Waals surface area contributed by atoms with Crippen molar-refractivity contribution in [3.8, 4) is 0 Å². The van der Waals surface area contributed by atoms with Crippen molar-refractivity contribution < 1.29 is 13.2 Å². The van der Waals surface area contributed by atoms with Gasteiger partial charge in [0.1, 0.15) is 4.90 Å². The molecular formula is C20H22Cl2N6O3S. The van der Waals surface area contributed by atoms with Crippen LogP contribution in [-0.2, 0) is 28.4 Å². The molecule has 0 aliphatic carbocycles. The molecule has 1 amide bonds. The lowest BCUT2D eigenvalue weighted by atomic mass is 9.99. The highest BCUT2D eigenvalue weighted by molar-refractivity contribution is 7.89. The van der Waals surface area contributed by atoms with E-state index >= 15 is 0 Å². The Bertz CT molecular complexity index is 1240. The van der Waals surface area contributed by atoms with Crippen molar-refractivity contribution >= 4 is 45.0 Å². The van der Waals surface area contributed by atoms with Crippen molar-refractivity contribution in [2.24, 2.45) is 13.0 Å². The average molecular weight is 497 g/mol. The third kappa shape index (κ3) is 4.98. The van der Waals surface area contributed by atoms with Crippen LogP contribution in [0.15, 0.2) is 47.8 Å². The fourth-order valence-corrected chi connectivity index (χ4v) is 5.46. The van der Waals surface area contributed by atoms with Crippen LogP contribution in [0.4, 0.5) is 5.82 Å². The van der Waals surface area contributed by atoms with Crippen LogP contribution in [0.1, 0.15) is 18.4 Å². The molecule has 0 spiro atoms. The topological polar surface area (TPSA) is 102 Å². The van der Waals surface area contributed by atoms with Gasteiger partial charge in [0.2, 0.25) is 15.9 Å². The molecule has 4 rings (SSSR count). The largest absolute Gasteiger partial charge is 0.309 e. The third-order valence-electron chi connectivity index (χ3n) is 5.29. The van der Waals surface area contributed by atoms with E-state index in [2.05, 4.69) is 15.5 Å². The zero-order valence-electron chi connectivity index (χ0n) is 17.3. The van der Waals surface area contributed by atoms with Crippen LogP contribution in [0.2, 0.25) is 10.0 Å². The van der Waals surface area contributed by atoms with Gasteiger partial charge in [0.05, 0.1) is 28.7 Å². The monoisotopic (exact) mass is 496 g/mol. The molecule has 9 nitrogen and oxygen atoms in total. The molecule has 170 valence electrons. The van der Waals surface area contributed by atoms with E-state index in [-0.39, 0.29) is 17.3 Å². The number of nitrogens with zero attached hydrogens (tertiary/aromatic N) is 5. The van der Waals surface area contributed by atoms with Crippen LogP contribution in [0, 0.1) is 5.92 Å². The molecule has 1 unspecified atom stereocenters. The van der Waals surface area contributed by atoms with E-state index in [1.54, 1.807) is 36.1 Å². The number of piperidine rings is 1. The van der Waals surface area contributed by atoms with Gasteiger partial charge in [-0.05, 0) is 30.5 Å². The summed E-state index contributed by atoms with van der Waals surface area (Å²) >= 11 is 12.0. The summed E-state index contributed by atoms with van der Waals surface area (Å²) in [6, 6.07) is 7.04. The smallest absolute Gasteiger partial charge is 0.246 e. The van der Waals surface area contributed by atoms with Crippen molar-refractivity contribution in [3.63, 3.8) is 0 Å². The number of rotatable bonds is 6. The fraction of sp³-hybridized carbons (Fsp3) is 0.350. The first-order valence-electron chi connectivity index (χ1n) is 9.99. The highest BCUT2D eigenvalue weighted by Crippen LogP contribution is 2.25. The number of sulfonamides is 1. The Morgan fingerprint density at radius 1 is 1.25 bits per heavy atom. The average Bonchev–Trinajstić information content (AvgIpc) is 3.40. The lowest BCUT2D eigenvalue weighted by Crippen LogP contribution is -2.43. The van der Waals surface area contributed by atoms with Crippen LogP contribution < -0.4 is 5.32 Å². The Balaban J connectivity index is 1.39. The van der Waals surface area contributed by atoms with Gasteiger partial charge in [-0.25, -0.2) is 8.42 Å². The second-order valence-corrected chi connectivity index (χ2v) is 10.4. The number of benzene rings is 1. The van der Waals surface area contributed by atoms with E-state index in [0.717, 1.165) is 5.56 Å². The Labute approximate surface area is 196 Å². The summed E-state index contributed by atoms with van der Waals surface area (Å²) in [6.45, 7) is 0.958. The number of hydrogen-bond donors (Lipinski definition) is 1. The summed E-state index contributed by atoms with van der Waals surface area (Å²) in [5, 5.41) is 12.1. The van der Waals surface area contributed by atoms with Crippen LogP contribution in [-0.4, -0.2) is 51.3 Å². The molecule has 12 heteroatoms. The molecule has 1 N–H and O–H groups in total. The normalized spacial score (nSPS) is 17.4. The number of carbonyl (C=O) groups excluding carboxylic acids is 1. The summed E-state index contributed by atoms with van der Waals surface area (Å²) in [7, 11) is -2.03. The zero-order valence-corrected chi connectivity index (χ0v) is 19.6. The van der Waals surface area contributed by atoms with Gasteiger partial charge in [-0.15, -0.1) is 0 Å². The predicted molar refractivity (Wildman–Crippen MR) is 121 cm³/mol. The van der Waals surface area contributed by atoms with Crippen LogP contribution in [0.3, 0.4) is 0 Å². The molecule has 0 bridgehead atoms. The molecule has 1 saturated heterocycles. The highest BCUT2D eigenvalue weighted by Gasteiger charge is 2.34. The van der Waals surface area contributed by atoms with Gasteiger partial charge < -0.3 is 5.32 Å². The van der Waals surface area contributed by atoms with Crippen LogP contribution in [0.25, 0.3) is 0 Å². The minimum absolute atomic E-state index is 0.118. The molecule has 32 heavy (non-hydrogen) atoms. The molecule has 1 atom stereocenters. The number of hydrogen-bond acceptors (Lipinski definition) is 5. The first-order chi connectivity index (χ1) is 15.2. The maximum absolute atomic E-state index is 12.9. The van der Waals surface area contributed by atoms with E-state index < -0.39 is 15.9 Å². The second-order valence-electron chi connectivity index (χ2n) is 7.69. The fourth-order valence-electron chi connectivity index (χ4n) is 3.63. The maximum Gasteiger partial charge on any atom is 0.246 e. The standard InChI is InChI=1S/C20H22Cl2N6O3S/c1-26-13-16(10-23-26)32(30,31)28-7-2-3-15(12-28)20(29)24-19-6-8-27(25-19)11-14-4-5-17(21)18(22)9-14/h4-6,8-10,13,15H,2-3,7,11-12H2,1H3,(H,24,25,29). The molecular weight excluding hydrogens is 475 g/mol. The van der Waals surface area contributed by atoms with Crippen LogP contribution in [0.5, 0.6) is 0 Å². The Morgan fingerprint density at radius 3 is 2.78 bits per heavy atom. The summed E-state index contributed by atoms with van der Waals surface area (Å²) in [6.07, 6.45) is 5.73. The molecule has 3 heterocycles. The van der Waals surface area contributed by atoms with E-state index in [4.69, 9.17) is 23.2 Å². The first kappa shape index (κ1) is 22.8. The van der Waals surface area contributed by atoms with Crippen LogP contribution >= 0.6 is 23.2 Å². The molecule has 2 aromatic heterocycles. The minimum atomic E-state index is -3.69. The highest BCUT2D eigenvalue weighted by atomic mass is 35.5. The quantitative estimate of drug-likeness (QED) is 0.564. The Hall–Kier alpha value is -2.40. The van der Waals surface area contributed by atoms with Crippen molar-refractivity contribution in [1.29, 1.82) is 0 Å². The molecule has 0 radical (unpaired) electrons. The van der Waals surface area contributed by atoms with E-state index in [0.29, 0.717) is 41.8 Å². The molecule has 1 fully saturated rings. The van der Waals surface area contributed by atoms with Crippen molar-refractivity contribution in [2.45, 2.75) is 24.3 Å². The molecule has 1 aliphatic rings. The summed E-state index contributed by atoms with van der Waals surface area (Å²) in [5.74, 6) is -0.311. The van der Waals surface area contributed by atoms with Crippen molar-refractivity contribution in [3.05, 3.63) is 58.5 Å². The number of amides is 1.